The molecule has 1 aromatic carbocycles. The summed E-state index contributed by atoms with van der Waals surface area (Å²) in [6.07, 6.45) is 2.67. The zero-order chi connectivity index (χ0) is 12.3. The van der Waals surface area contributed by atoms with Crippen molar-refractivity contribution in [2.75, 3.05) is 13.1 Å². The molecule has 0 amide bonds. The van der Waals surface area contributed by atoms with Crippen LogP contribution in [0.4, 0.5) is 0 Å². The number of hydrogen-bond acceptors (Lipinski definition) is 2. The van der Waals surface area contributed by atoms with E-state index in [4.69, 9.17) is 0 Å². The second kappa shape index (κ2) is 4.88. The lowest BCUT2D eigenvalue weighted by molar-refractivity contribution is -0.148. The molecule has 0 radical (unpaired) electrons. The fraction of sp³-hybridized carbons (Fsp3) is 0.500. The van der Waals surface area contributed by atoms with Crippen LogP contribution >= 0.6 is 0 Å². The Morgan fingerprint density at radius 3 is 2.76 bits per heavy atom. The highest BCUT2D eigenvalue weighted by molar-refractivity contribution is 5.78. The molecule has 0 saturated carbocycles. The van der Waals surface area contributed by atoms with Crippen LogP contribution in [0.3, 0.4) is 0 Å². The normalized spacial score (nSPS) is 25.0. The quantitative estimate of drug-likeness (QED) is 0.866. The number of carbonyl (C=O) groups is 1. The highest BCUT2D eigenvalue weighted by atomic mass is 16.4. The van der Waals surface area contributed by atoms with Crippen molar-refractivity contribution in [3.63, 3.8) is 0 Å². The van der Waals surface area contributed by atoms with Crippen LogP contribution in [-0.2, 0) is 11.2 Å². The molecule has 3 nitrogen and oxygen atoms in total. The summed E-state index contributed by atoms with van der Waals surface area (Å²) in [4.78, 5) is 13.4. The van der Waals surface area contributed by atoms with Crippen molar-refractivity contribution in [2.45, 2.75) is 31.7 Å². The second-order valence-corrected chi connectivity index (χ2v) is 4.91. The van der Waals surface area contributed by atoms with Crippen LogP contribution in [0, 0.1) is 0 Å². The first-order valence-electron chi connectivity index (χ1n) is 6.15. The predicted octanol–water partition coefficient (Wildman–Crippen LogP) is 2.17. The highest BCUT2D eigenvalue weighted by Crippen LogP contribution is 2.29. The molecule has 92 valence electrons. The van der Waals surface area contributed by atoms with E-state index in [1.165, 1.54) is 5.56 Å². The summed E-state index contributed by atoms with van der Waals surface area (Å²) >= 11 is 0. The minimum atomic E-state index is -0.692. The molecule has 1 fully saturated rings. The van der Waals surface area contributed by atoms with Crippen LogP contribution in [0.15, 0.2) is 30.3 Å². The molecule has 1 heterocycles. The average Bonchev–Trinajstić information content (AvgIpc) is 2.71. The molecule has 1 aromatic rings. The van der Waals surface area contributed by atoms with Crippen molar-refractivity contribution >= 4 is 5.97 Å². The fourth-order valence-electron chi connectivity index (χ4n) is 2.53. The van der Waals surface area contributed by atoms with Crippen LogP contribution in [0.25, 0.3) is 0 Å². The molecule has 0 spiro atoms. The van der Waals surface area contributed by atoms with E-state index < -0.39 is 11.5 Å². The Kier molecular flexibility index (Phi) is 3.48. The van der Waals surface area contributed by atoms with Crippen molar-refractivity contribution in [1.82, 2.24) is 4.90 Å². The van der Waals surface area contributed by atoms with Crippen LogP contribution in [0.1, 0.15) is 25.3 Å². The van der Waals surface area contributed by atoms with Gasteiger partial charge < -0.3 is 5.11 Å². The highest BCUT2D eigenvalue weighted by Gasteiger charge is 2.42. The van der Waals surface area contributed by atoms with Crippen molar-refractivity contribution in [3.8, 4) is 0 Å². The minimum Gasteiger partial charge on any atom is -0.480 e. The van der Waals surface area contributed by atoms with Crippen molar-refractivity contribution in [2.24, 2.45) is 0 Å². The Bertz CT molecular complexity index is 390. The maximum atomic E-state index is 11.3. The number of rotatable bonds is 4. The van der Waals surface area contributed by atoms with E-state index in [0.717, 1.165) is 32.4 Å². The lowest BCUT2D eigenvalue weighted by atomic mass is 9.99. The van der Waals surface area contributed by atoms with Gasteiger partial charge in [0.05, 0.1) is 0 Å². The lowest BCUT2D eigenvalue weighted by Crippen LogP contribution is -2.48. The van der Waals surface area contributed by atoms with Gasteiger partial charge >= 0.3 is 5.97 Å². The SMILES string of the molecule is CC1(C(=O)O)CCCN1CCc1ccccc1. The number of carboxylic acids is 1. The van der Waals surface area contributed by atoms with E-state index in [0.29, 0.717) is 0 Å². The molecule has 0 bridgehead atoms. The van der Waals surface area contributed by atoms with Gasteiger partial charge in [0, 0.05) is 6.54 Å². The summed E-state index contributed by atoms with van der Waals surface area (Å²) in [5.41, 5.74) is 0.613. The maximum Gasteiger partial charge on any atom is 0.323 e. The first-order valence-corrected chi connectivity index (χ1v) is 6.15. The van der Waals surface area contributed by atoms with Crippen LogP contribution in [-0.4, -0.2) is 34.6 Å². The van der Waals surface area contributed by atoms with Crippen LogP contribution < -0.4 is 0 Å². The van der Waals surface area contributed by atoms with E-state index >= 15 is 0 Å². The maximum absolute atomic E-state index is 11.3. The predicted molar refractivity (Wildman–Crippen MR) is 67.0 cm³/mol. The molecule has 0 aromatic heterocycles. The molecule has 3 heteroatoms. The molecule has 1 N–H and O–H groups in total. The van der Waals surface area contributed by atoms with Gasteiger partial charge in [-0.25, -0.2) is 0 Å². The smallest absolute Gasteiger partial charge is 0.323 e. The third-order valence-corrected chi connectivity index (χ3v) is 3.76. The summed E-state index contributed by atoms with van der Waals surface area (Å²) in [5.74, 6) is -0.692. The average molecular weight is 233 g/mol. The first-order chi connectivity index (χ1) is 8.13. The Morgan fingerprint density at radius 2 is 2.12 bits per heavy atom. The van der Waals surface area contributed by atoms with E-state index in [1.807, 2.05) is 25.1 Å². The van der Waals surface area contributed by atoms with Gasteiger partial charge in [-0.15, -0.1) is 0 Å². The van der Waals surface area contributed by atoms with Crippen molar-refractivity contribution in [3.05, 3.63) is 35.9 Å². The molecule has 2 rings (SSSR count). The van der Waals surface area contributed by atoms with E-state index in [2.05, 4.69) is 17.0 Å². The molecule has 1 atom stereocenters. The topological polar surface area (TPSA) is 40.5 Å². The summed E-state index contributed by atoms with van der Waals surface area (Å²) in [6.45, 7) is 3.57. The fourth-order valence-corrected chi connectivity index (χ4v) is 2.53. The van der Waals surface area contributed by atoms with Gasteiger partial charge in [-0.2, -0.15) is 0 Å². The molecule has 1 aliphatic heterocycles. The van der Waals surface area contributed by atoms with Gasteiger partial charge in [-0.05, 0) is 38.3 Å². The molecule has 1 aliphatic rings. The molecular formula is C14H19NO2. The van der Waals surface area contributed by atoms with Crippen molar-refractivity contribution < 1.29 is 9.90 Å². The van der Waals surface area contributed by atoms with Gasteiger partial charge in [0.15, 0.2) is 0 Å². The Hall–Kier alpha value is -1.35. The summed E-state index contributed by atoms with van der Waals surface area (Å²) in [5, 5.41) is 9.30. The summed E-state index contributed by atoms with van der Waals surface area (Å²) in [6, 6.07) is 10.2. The van der Waals surface area contributed by atoms with Crippen molar-refractivity contribution in [1.29, 1.82) is 0 Å². The van der Waals surface area contributed by atoms with Gasteiger partial charge in [-0.1, -0.05) is 30.3 Å². The van der Waals surface area contributed by atoms with Gasteiger partial charge in [0.2, 0.25) is 0 Å². The number of benzene rings is 1. The van der Waals surface area contributed by atoms with Gasteiger partial charge in [0.25, 0.3) is 0 Å². The molecule has 1 saturated heterocycles. The lowest BCUT2D eigenvalue weighted by Gasteiger charge is -2.31. The number of likely N-dealkylation sites (tertiary alicyclic amines) is 1. The Morgan fingerprint density at radius 1 is 1.41 bits per heavy atom. The van der Waals surface area contributed by atoms with Gasteiger partial charge in [-0.3, -0.25) is 9.69 Å². The monoisotopic (exact) mass is 233 g/mol. The van der Waals surface area contributed by atoms with Crippen LogP contribution in [0.5, 0.6) is 0 Å². The second-order valence-electron chi connectivity index (χ2n) is 4.91. The summed E-state index contributed by atoms with van der Waals surface area (Å²) < 4.78 is 0. The molecule has 17 heavy (non-hydrogen) atoms. The standard InChI is InChI=1S/C14H19NO2/c1-14(13(16)17)9-5-10-15(14)11-8-12-6-3-2-4-7-12/h2-4,6-7H,5,8-11H2,1H3,(H,16,17). The van der Waals surface area contributed by atoms with Gasteiger partial charge in [0.1, 0.15) is 5.54 Å². The number of carboxylic acid groups (broad SMARTS) is 1. The van der Waals surface area contributed by atoms with E-state index in [1.54, 1.807) is 0 Å². The van der Waals surface area contributed by atoms with E-state index in [-0.39, 0.29) is 0 Å². The minimum absolute atomic E-state index is 0.658. The Balaban J connectivity index is 1.97. The summed E-state index contributed by atoms with van der Waals surface area (Å²) in [7, 11) is 0. The number of nitrogens with zero attached hydrogens (tertiary/aromatic N) is 1. The molecular weight excluding hydrogens is 214 g/mol. The largest absolute Gasteiger partial charge is 0.480 e. The third kappa shape index (κ3) is 2.50. The molecule has 0 aliphatic carbocycles. The third-order valence-electron chi connectivity index (χ3n) is 3.76. The Labute approximate surface area is 102 Å². The molecule has 1 unspecified atom stereocenters. The number of hydrogen-bond donors (Lipinski definition) is 1. The van der Waals surface area contributed by atoms with Crippen LogP contribution in [0.2, 0.25) is 0 Å². The first kappa shape index (κ1) is 12.1. The zero-order valence-corrected chi connectivity index (χ0v) is 10.2. The zero-order valence-electron chi connectivity index (χ0n) is 10.2. The number of aliphatic carboxylic acids is 1. The van der Waals surface area contributed by atoms with E-state index in [9.17, 15) is 9.90 Å².